The Labute approximate surface area is 181 Å². The number of ether oxygens (including phenoxy) is 1. The van der Waals surface area contributed by atoms with E-state index in [0.717, 1.165) is 28.2 Å². The summed E-state index contributed by atoms with van der Waals surface area (Å²) in [6.07, 6.45) is 2.20. The maximum atomic E-state index is 12.9. The van der Waals surface area contributed by atoms with E-state index in [0.29, 0.717) is 6.42 Å². The monoisotopic (exact) mass is 413 g/mol. The molecule has 1 amide bonds. The predicted octanol–water partition coefficient (Wildman–Crippen LogP) is 4.42. The van der Waals surface area contributed by atoms with Crippen LogP contribution >= 0.6 is 0 Å². The second kappa shape index (κ2) is 9.71. The SMILES string of the molecule is COc1ccc(C2CC(c3ccccc3)=NN2C(=O)CO/N=C/c2ccccc2)cc1. The Morgan fingerprint density at radius 3 is 2.39 bits per heavy atom. The van der Waals surface area contributed by atoms with Crippen molar-refractivity contribution in [1.29, 1.82) is 0 Å². The fraction of sp³-hybridized carbons (Fsp3) is 0.160. The van der Waals surface area contributed by atoms with E-state index in [1.165, 1.54) is 5.01 Å². The van der Waals surface area contributed by atoms with Crippen molar-refractivity contribution < 1.29 is 14.4 Å². The first-order chi connectivity index (χ1) is 15.2. The Morgan fingerprint density at radius 2 is 1.71 bits per heavy atom. The summed E-state index contributed by atoms with van der Waals surface area (Å²) in [4.78, 5) is 18.2. The third-order valence-corrected chi connectivity index (χ3v) is 5.04. The minimum Gasteiger partial charge on any atom is -0.497 e. The van der Waals surface area contributed by atoms with Crippen molar-refractivity contribution in [2.24, 2.45) is 10.3 Å². The van der Waals surface area contributed by atoms with Crippen molar-refractivity contribution in [2.45, 2.75) is 12.5 Å². The summed E-state index contributed by atoms with van der Waals surface area (Å²) < 4.78 is 5.25. The van der Waals surface area contributed by atoms with Gasteiger partial charge in [0.2, 0.25) is 0 Å². The molecule has 1 heterocycles. The van der Waals surface area contributed by atoms with E-state index in [9.17, 15) is 4.79 Å². The summed E-state index contributed by atoms with van der Waals surface area (Å²) in [6, 6.07) is 26.9. The average Bonchev–Trinajstić information content (AvgIpc) is 3.29. The molecule has 6 heteroatoms. The lowest BCUT2D eigenvalue weighted by Gasteiger charge is -2.21. The zero-order valence-corrected chi connectivity index (χ0v) is 17.2. The Hall–Kier alpha value is -3.93. The van der Waals surface area contributed by atoms with Crippen LogP contribution in [0.15, 0.2) is 95.2 Å². The summed E-state index contributed by atoms with van der Waals surface area (Å²) in [7, 11) is 1.63. The van der Waals surface area contributed by atoms with Gasteiger partial charge in [-0.25, -0.2) is 5.01 Å². The van der Waals surface area contributed by atoms with Crippen molar-refractivity contribution in [3.05, 3.63) is 102 Å². The van der Waals surface area contributed by atoms with Crippen molar-refractivity contribution in [2.75, 3.05) is 13.7 Å². The fourth-order valence-electron chi connectivity index (χ4n) is 3.43. The summed E-state index contributed by atoms with van der Waals surface area (Å²) in [6.45, 7) is -0.193. The van der Waals surface area contributed by atoms with Crippen LogP contribution in [0.4, 0.5) is 0 Å². The highest BCUT2D eigenvalue weighted by atomic mass is 16.6. The molecule has 156 valence electrons. The minimum atomic E-state index is -0.253. The molecule has 3 aromatic rings. The molecular formula is C25H23N3O3. The van der Waals surface area contributed by atoms with Crippen LogP contribution in [0.5, 0.6) is 5.75 Å². The number of hydrogen-bond donors (Lipinski definition) is 0. The molecule has 0 fully saturated rings. The Kier molecular flexibility index (Phi) is 6.38. The lowest BCUT2D eigenvalue weighted by Crippen LogP contribution is -2.30. The lowest BCUT2D eigenvalue weighted by molar-refractivity contribution is -0.137. The molecule has 1 atom stereocenters. The molecule has 0 saturated carbocycles. The van der Waals surface area contributed by atoms with Gasteiger partial charge in [0.25, 0.3) is 5.91 Å². The summed E-state index contributed by atoms with van der Waals surface area (Å²) in [5.41, 5.74) is 3.75. The average molecular weight is 413 g/mol. The van der Waals surface area contributed by atoms with Gasteiger partial charge >= 0.3 is 0 Å². The molecule has 31 heavy (non-hydrogen) atoms. The zero-order chi connectivity index (χ0) is 21.5. The first-order valence-electron chi connectivity index (χ1n) is 10.0. The molecular weight excluding hydrogens is 390 g/mol. The van der Waals surface area contributed by atoms with Crippen LogP contribution in [0, 0.1) is 0 Å². The first-order valence-corrected chi connectivity index (χ1v) is 10.0. The highest BCUT2D eigenvalue weighted by Crippen LogP contribution is 2.33. The van der Waals surface area contributed by atoms with Crippen molar-refractivity contribution in [1.82, 2.24) is 5.01 Å². The molecule has 0 aromatic heterocycles. The molecule has 0 spiro atoms. The number of carbonyl (C=O) groups excluding carboxylic acids is 1. The number of rotatable bonds is 7. The Bertz CT molecular complexity index is 1060. The van der Waals surface area contributed by atoms with Gasteiger partial charge in [0.15, 0.2) is 6.61 Å². The summed E-state index contributed by atoms with van der Waals surface area (Å²) in [5.74, 6) is 0.513. The Morgan fingerprint density at radius 1 is 1.03 bits per heavy atom. The molecule has 0 N–H and O–H groups in total. The number of hydrazone groups is 1. The highest BCUT2D eigenvalue weighted by molar-refractivity contribution is 6.03. The second-order valence-corrected chi connectivity index (χ2v) is 7.06. The van der Waals surface area contributed by atoms with Crippen LogP contribution in [0.3, 0.4) is 0 Å². The number of benzene rings is 3. The van der Waals surface area contributed by atoms with E-state index < -0.39 is 0 Å². The predicted molar refractivity (Wildman–Crippen MR) is 120 cm³/mol. The minimum absolute atomic E-state index is 0.193. The fourth-order valence-corrected chi connectivity index (χ4v) is 3.43. The van der Waals surface area contributed by atoms with Gasteiger partial charge in [-0.1, -0.05) is 78.0 Å². The number of oxime groups is 1. The Balaban J connectivity index is 1.50. The van der Waals surface area contributed by atoms with Gasteiger partial charge in [0.05, 0.1) is 25.1 Å². The first kappa shape index (κ1) is 20.3. The van der Waals surface area contributed by atoms with Crippen LogP contribution in [-0.4, -0.2) is 36.6 Å². The molecule has 0 saturated heterocycles. The van der Waals surface area contributed by atoms with E-state index in [-0.39, 0.29) is 18.6 Å². The summed E-state index contributed by atoms with van der Waals surface area (Å²) in [5, 5.41) is 10.0. The second-order valence-electron chi connectivity index (χ2n) is 7.06. The highest BCUT2D eigenvalue weighted by Gasteiger charge is 2.33. The zero-order valence-electron chi connectivity index (χ0n) is 17.2. The van der Waals surface area contributed by atoms with Crippen LogP contribution < -0.4 is 4.74 Å². The van der Waals surface area contributed by atoms with Gasteiger partial charge in [-0.05, 0) is 28.8 Å². The van der Waals surface area contributed by atoms with E-state index in [1.54, 1.807) is 13.3 Å². The van der Waals surface area contributed by atoms with Gasteiger partial charge in [-0.2, -0.15) is 5.10 Å². The molecule has 6 nitrogen and oxygen atoms in total. The van der Waals surface area contributed by atoms with Crippen LogP contribution in [-0.2, 0) is 9.63 Å². The standard InChI is InChI=1S/C25H23N3O3/c1-30-22-14-12-21(13-15-22)24-16-23(20-10-6-3-7-11-20)27-28(24)25(29)18-31-26-17-19-8-4-2-5-9-19/h2-15,17,24H,16,18H2,1H3/b26-17+. The third kappa shape index (κ3) is 4.98. The largest absolute Gasteiger partial charge is 0.497 e. The van der Waals surface area contributed by atoms with E-state index in [1.807, 2.05) is 84.9 Å². The van der Waals surface area contributed by atoms with Gasteiger partial charge in [0.1, 0.15) is 5.75 Å². The molecule has 0 bridgehead atoms. The van der Waals surface area contributed by atoms with Crippen LogP contribution in [0.2, 0.25) is 0 Å². The van der Waals surface area contributed by atoms with Gasteiger partial charge in [0, 0.05) is 6.42 Å². The van der Waals surface area contributed by atoms with Crippen LogP contribution in [0.25, 0.3) is 0 Å². The van der Waals surface area contributed by atoms with Crippen LogP contribution in [0.1, 0.15) is 29.2 Å². The number of carbonyl (C=O) groups is 1. The van der Waals surface area contributed by atoms with E-state index >= 15 is 0 Å². The van der Waals surface area contributed by atoms with E-state index in [4.69, 9.17) is 9.57 Å². The van der Waals surface area contributed by atoms with Crippen molar-refractivity contribution in [3.63, 3.8) is 0 Å². The normalized spacial score (nSPS) is 15.7. The quantitative estimate of drug-likeness (QED) is 0.425. The number of nitrogens with zero attached hydrogens (tertiary/aromatic N) is 3. The molecule has 3 aromatic carbocycles. The van der Waals surface area contributed by atoms with Gasteiger partial charge < -0.3 is 9.57 Å². The summed E-state index contributed by atoms with van der Waals surface area (Å²) >= 11 is 0. The molecule has 0 radical (unpaired) electrons. The maximum Gasteiger partial charge on any atom is 0.283 e. The topological polar surface area (TPSA) is 63.5 Å². The smallest absolute Gasteiger partial charge is 0.283 e. The van der Waals surface area contributed by atoms with Gasteiger partial charge in [-0.3, -0.25) is 4.79 Å². The number of amides is 1. The molecule has 0 aliphatic carbocycles. The maximum absolute atomic E-state index is 12.9. The van der Waals surface area contributed by atoms with Crippen molar-refractivity contribution >= 4 is 17.8 Å². The number of methoxy groups -OCH3 is 1. The molecule has 4 rings (SSSR count). The number of hydrogen-bond acceptors (Lipinski definition) is 5. The molecule has 1 unspecified atom stereocenters. The third-order valence-electron chi connectivity index (χ3n) is 5.04. The van der Waals surface area contributed by atoms with Gasteiger partial charge in [-0.15, -0.1) is 0 Å². The molecule has 1 aliphatic heterocycles. The lowest BCUT2D eigenvalue weighted by atomic mass is 9.98. The van der Waals surface area contributed by atoms with E-state index in [2.05, 4.69) is 10.3 Å². The van der Waals surface area contributed by atoms with Crippen molar-refractivity contribution in [3.8, 4) is 5.75 Å². The molecule has 1 aliphatic rings.